The van der Waals surface area contributed by atoms with Gasteiger partial charge in [-0.2, -0.15) is 5.10 Å². The van der Waals surface area contributed by atoms with Gasteiger partial charge in [-0.15, -0.1) is 0 Å². The van der Waals surface area contributed by atoms with Gasteiger partial charge in [-0.25, -0.2) is 0 Å². The van der Waals surface area contributed by atoms with Crippen molar-refractivity contribution in [3.63, 3.8) is 0 Å². The second-order valence-electron chi connectivity index (χ2n) is 5.12. The van der Waals surface area contributed by atoms with Gasteiger partial charge in [0, 0.05) is 32.1 Å². The third kappa shape index (κ3) is 2.79. The van der Waals surface area contributed by atoms with E-state index in [1.54, 1.807) is 4.68 Å². The Bertz CT molecular complexity index is 382. The normalized spacial score (nSPS) is 16.5. The minimum atomic E-state index is 0.831. The van der Waals surface area contributed by atoms with Crippen LogP contribution in [0.2, 0.25) is 0 Å². The molecule has 0 saturated heterocycles. The van der Waals surface area contributed by atoms with E-state index in [9.17, 15) is 0 Å². The van der Waals surface area contributed by atoms with Crippen LogP contribution in [0.15, 0.2) is 0 Å². The molecule has 5 heteroatoms. The summed E-state index contributed by atoms with van der Waals surface area (Å²) in [4.78, 5) is 4.71. The zero-order valence-corrected chi connectivity index (χ0v) is 11.1. The number of hydrogen-bond acceptors (Lipinski definition) is 4. The summed E-state index contributed by atoms with van der Waals surface area (Å²) >= 11 is 0. The Hall–Kier alpha value is -1.07. The van der Waals surface area contributed by atoms with Gasteiger partial charge >= 0.3 is 0 Å². The number of aryl methyl sites for hydroxylation is 1. The van der Waals surface area contributed by atoms with Crippen molar-refractivity contribution in [1.29, 1.82) is 0 Å². The third-order valence-corrected chi connectivity index (χ3v) is 3.40. The van der Waals surface area contributed by atoms with Gasteiger partial charge in [-0.05, 0) is 33.6 Å². The van der Waals surface area contributed by atoms with Gasteiger partial charge in [-0.1, -0.05) is 0 Å². The largest absolute Gasteiger partial charge is 0.384 e. The van der Waals surface area contributed by atoms with Crippen molar-refractivity contribution in [2.24, 2.45) is 7.05 Å². The summed E-state index contributed by atoms with van der Waals surface area (Å²) in [6.45, 7) is 4.36. The van der Waals surface area contributed by atoms with Gasteiger partial charge in [0.25, 0.3) is 0 Å². The van der Waals surface area contributed by atoms with Crippen molar-refractivity contribution in [3.05, 3.63) is 11.3 Å². The highest BCUT2D eigenvalue weighted by Crippen LogP contribution is 2.23. The lowest BCUT2D eigenvalue weighted by molar-refractivity contribution is 0.238. The van der Waals surface area contributed by atoms with Gasteiger partial charge < -0.3 is 10.6 Å². The fourth-order valence-corrected chi connectivity index (χ4v) is 2.38. The molecule has 5 nitrogen and oxygen atoms in total. The summed E-state index contributed by atoms with van der Waals surface area (Å²) in [7, 11) is 6.16. The topological polar surface area (TPSA) is 50.3 Å². The van der Waals surface area contributed by atoms with Crippen LogP contribution in [0.3, 0.4) is 0 Å². The predicted molar refractivity (Wildman–Crippen MR) is 69.8 cm³/mol. The van der Waals surface area contributed by atoms with Crippen molar-refractivity contribution >= 4 is 5.82 Å². The molecule has 1 aliphatic rings. The van der Waals surface area contributed by atoms with E-state index >= 15 is 0 Å². The van der Waals surface area contributed by atoms with Crippen LogP contribution in [0.25, 0.3) is 0 Å². The number of nitrogens with two attached hydrogens (primary N) is 1. The van der Waals surface area contributed by atoms with Crippen LogP contribution in [0.4, 0.5) is 5.82 Å². The lowest BCUT2D eigenvalue weighted by Gasteiger charge is -2.26. The van der Waals surface area contributed by atoms with Gasteiger partial charge in [0.15, 0.2) is 0 Å². The Kier molecular flexibility index (Phi) is 3.69. The average Bonchev–Trinajstić information content (AvgIpc) is 2.55. The van der Waals surface area contributed by atoms with Crippen LogP contribution in [-0.4, -0.2) is 53.3 Å². The van der Waals surface area contributed by atoms with Crippen molar-refractivity contribution in [1.82, 2.24) is 19.6 Å². The Labute approximate surface area is 103 Å². The summed E-state index contributed by atoms with van der Waals surface area (Å²) in [5.41, 5.74) is 8.46. The van der Waals surface area contributed by atoms with E-state index in [1.807, 2.05) is 7.05 Å². The highest BCUT2D eigenvalue weighted by Gasteiger charge is 2.21. The van der Waals surface area contributed by atoms with E-state index in [0.29, 0.717) is 0 Å². The molecule has 0 radical (unpaired) electrons. The fourth-order valence-electron chi connectivity index (χ4n) is 2.38. The smallest absolute Gasteiger partial charge is 0.126 e. The zero-order chi connectivity index (χ0) is 12.4. The molecule has 1 aliphatic heterocycles. The quantitative estimate of drug-likeness (QED) is 0.819. The Morgan fingerprint density at radius 1 is 1.41 bits per heavy atom. The molecule has 2 rings (SSSR count). The number of hydrogen-bond donors (Lipinski definition) is 1. The molecule has 2 N–H and O–H groups in total. The maximum absolute atomic E-state index is 6.03. The van der Waals surface area contributed by atoms with E-state index in [1.165, 1.54) is 17.7 Å². The maximum atomic E-state index is 6.03. The average molecular weight is 237 g/mol. The molecule has 0 bridgehead atoms. The van der Waals surface area contributed by atoms with Crippen LogP contribution in [-0.2, 0) is 20.0 Å². The number of fused-ring (bicyclic) bond motifs is 1. The fraction of sp³-hybridized carbons (Fsp3) is 0.750. The van der Waals surface area contributed by atoms with Gasteiger partial charge in [0.1, 0.15) is 5.82 Å². The SMILES string of the molecule is CN(C)CCCN1CCc2nn(C)c(N)c2C1. The first kappa shape index (κ1) is 12.4. The van der Waals surface area contributed by atoms with Gasteiger partial charge in [-0.3, -0.25) is 9.58 Å². The second kappa shape index (κ2) is 5.06. The number of aromatic nitrogens is 2. The standard InChI is InChI=1S/C12H23N5/c1-15(2)6-4-7-17-8-5-11-10(9-17)12(13)16(3)14-11/h4-9,13H2,1-3H3. The van der Waals surface area contributed by atoms with E-state index in [2.05, 4.69) is 29.0 Å². The lowest BCUT2D eigenvalue weighted by atomic mass is 10.1. The Morgan fingerprint density at radius 2 is 2.18 bits per heavy atom. The molecule has 0 saturated carbocycles. The molecule has 0 amide bonds. The summed E-state index contributed by atoms with van der Waals surface area (Å²) < 4.78 is 1.80. The molecule has 0 aromatic carbocycles. The molecule has 96 valence electrons. The number of rotatable bonds is 4. The lowest BCUT2D eigenvalue weighted by Crippen LogP contribution is -2.32. The van der Waals surface area contributed by atoms with Crippen LogP contribution >= 0.6 is 0 Å². The minimum absolute atomic E-state index is 0.831. The molecule has 1 aromatic rings. The van der Waals surface area contributed by atoms with E-state index in [4.69, 9.17) is 5.73 Å². The summed E-state index contributed by atoms with van der Waals surface area (Å²) in [6.07, 6.45) is 2.24. The van der Waals surface area contributed by atoms with Gasteiger partial charge in [0.05, 0.1) is 5.69 Å². The molecule has 0 fully saturated rings. The number of nitrogen functional groups attached to an aromatic ring is 1. The first-order valence-corrected chi connectivity index (χ1v) is 6.25. The van der Waals surface area contributed by atoms with Crippen molar-refractivity contribution in [3.8, 4) is 0 Å². The monoisotopic (exact) mass is 237 g/mol. The van der Waals surface area contributed by atoms with E-state index < -0.39 is 0 Å². The number of anilines is 1. The first-order valence-electron chi connectivity index (χ1n) is 6.25. The molecule has 0 atom stereocenters. The molecule has 2 heterocycles. The van der Waals surface area contributed by atoms with Crippen LogP contribution in [0, 0.1) is 0 Å². The van der Waals surface area contributed by atoms with Crippen molar-refractivity contribution < 1.29 is 0 Å². The van der Waals surface area contributed by atoms with E-state index in [0.717, 1.165) is 38.4 Å². The highest BCUT2D eigenvalue weighted by molar-refractivity contribution is 5.44. The minimum Gasteiger partial charge on any atom is -0.384 e. The molecule has 17 heavy (non-hydrogen) atoms. The third-order valence-electron chi connectivity index (χ3n) is 3.40. The van der Waals surface area contributed by atoms with Crippen molar-refractivity contribution in [2.75, 3.05) is 39.5 Å². The zero-order valence-electron chi connectivity index (χ0n) is 11.1. The maximum Gasteiger partial charge on any atom is 0.126 e. The van der Waals surface area contributed by atoms with Crippen LogP contribution in [0.5, 0.6) is 0 Å². The highest BCUT2D eigenvalue weighted by atomic mass is 15.3. The van der Waals surface area contributed by atoms with Crippen LogP contribution < -0.4 is 5.73 Å². The summed E-state index contributed by atoms with van der Waals surface area (Å²) in [6, 6.07) is 0. The second-order valence-corrected chi connectivity index (χ2v) is 5.12. The first-order chi connectivity index (χ1) is 8.08. The Morgan fingerprint density at radius 3 is 2.88 bits per heavy atom. The predicted octanol–water partition coefficient (Wildman–Crippen LogP) is 0.312. The molecular formula is C12H23N5. The van der Waals surface area contributed by atoms with Crippen LogP contribution in [0.1, 0.15) is 17.7 Å². The molecular weight excluding hydrogens is 214 g/mol. The summed E-state index contributed by atoms with van der Waals surface area (Å²) in [5, 5.41) is 4.45. The molecule has 0 spiro atoms. The van der Waals surface area contributed by atoms with E-state index in [-0.39, 0.29) is 0 Å². The molecule has 0 aliphatic carbocycles. The molecule has 0 unspecified atom stereocenters. The van der Waals surface area contributed by atoms with Gasteiger partial charge in [0.2, 0.25) is 0 Å². The summed E-state index contributed by atoms with van der Waals surface area (Å²) in [5.74, 6) is 0.831. The number of nitrogens with zero attached hydrogens (tertiary/aromatic N) is 4. The Balaban J connectivity index is 1.92. The molecule has 1 aromatic heterocycles. The van der Waals surface area contributed by atoms with Crippen molar-refractivity contribution in [2.45, 2.75) is 19.4 Å².